The Morgan fingerprint density at radius 3 is 1.43 bits per heavy atom. The van der Waals surface area contributed by atoms with Gasteiger partial charge in [0.05, 0.1) is 6.61 Å². The van der Waals surface area contributed by atoms with Gasteiger partial charge in [-0.2, -0.15) is 0 Å². The molecule has 0 amide bonds. The van der Waals surface area contributed by atoms with Gasteiger partial charge in [0.15, 0.2) is 5.78 Å². The maximum atomic E-state index is 11.6. The summed E-state index contributed by atoms with van der Waals surface area (Å²) in [7, 11) is 0. The Labute approximate surface area is 143 Å². The molecule has 0 bridgehead atoms. The number of hydrogen-bond donors (Lipinski definition) is 2. The molecule has 0 aliphatic heterocycles. The van der Waals surface area contributed by atoms with Crippen LogP contribution in [0.3, 0.4) is 0 Å². The van der Waals surface area contributed by atoms with Crippen molar-refractivity contribution in [3.05, 3.63) is 0 Å². The molecule has 0 saturated carbocycles. The molecule has 3 heteroatoms. The molecule has 0 rings (SSSR count). The van der Waals surface area contributed by atoms with Gasteiger partial charge in [0.25, 0.3) is 0 Å². The largest absolute Gasteiger partial charge is 0.393 e. The molecule has 2 N–H and O–H groups in total. The van der Waals surface area contributed by atoms with Crippen LogP contribution in [0.25, 0.3) is 0 Å². The second-order valence-electron chi connectivity index (χ2n) is 7.20. The van der Waals surface area contributed by atoms with Gasteiger partial charge in [0.2, 0.25) is 0 Å². The van der Waals surface area contributed by atoms with Crippen molar-refractivity contribution in [2.45, 2.75) is 116 Å². The number of carbonyl (C=O) groups is 1. The van der Waals surface area contributed by atoms with Crippen LogP contribution in [0.2, 0.25) is 0 Å². The summed E-state index contributed by atoms with van der Waals surface area (Å²) in [4.78, 5) is 11.6. The highest BCUT2D eigenvalue weighted by molar-refractivity contribution is 5.86. The Balaban J connectivity index is 3.21. The Bertz CT molecular complexity index is 274. The van der Waals surface area contributed by atoms with E-state index < -0.39 is 12.2 Å². The van der Waals surface area contributed by atoms with Crippen molar-refractivity contribution < 1.29 is 15.0 Å². The van der Waals surface area contributed by atoms with Crippen molar-refractivity contribution >= 4 is 5.78 Å². The highest BCUT2D eigenvalue weighted by Crippen LogP contribution is 2.14. The van der Waals surface area contributed by atoms with Crippen molar-refractivity contribution in [3.63, 3.8) is 0 Å². The van der Waals surface area contributed by atoms with E-state index in [1.807, 2.05) is 0 Å². The van der Waals surface area contributed by atoms with E-state index in [-0.39, 0.29) is 5.78 Å². The second kappa shape index (κ2) is 15.1. The van der Waals surface area contributed by atoms with Gasteiger partial charge in [-0.15, -0.1) is 0 Å². The summed E-state index contributed by atoms with van der Waals surface area (Å²) in [5, 5.41) is 18.5. The van der Waals surface area contributed by atoms with Crippen LogP contribution in [-0.2, 0) is 4.79 Å². The van der Waals surface area contributed by atoms with E-state index in [1.54, 1.807) is 0 Å². The van der Waals surface area contributed by atoms with Crippen LogP contribution in [0.1, 0.15) is 110 Å². The minimum Gasteiger partial charge on any atom is -0.393 e. The quantitative estimate of drug-likeness (QED) is 0.362. The summed E-state index contributed by atoms with van der Waals surface area (Å²) >= 11 is 0. The molecule has 0 aromatic carbocycles. The molecule has 23 heavy (non-hydrogen) atoms. The van der Waals surface area contributed by atoms with Crippen molar-refractivity contribution in [2.75, 3.05) is 6.61 Å². The summed E-state index contributed by atoms with van der Waals surface area (Å²) in [5.41, 5.74) is -1.55. The van der Waals surface area contributed by atoms with Gasteiger partial charge in [-0.3, -0.25) is 4.79 Å². The van der Waals surface area contributed by atoms with Crippen molar-refractivity contribution in [2.24, 2.45) is 0 Å². The Morgan fingerprint density at radius 2 is 1.09 bits per heavy atom. The minimum atomic E-state index is -1.55. The molecule has 138 valence electrons. The topological polar surface area (TPSA) is 57.5 Å². The van der Waals surface area contributed by atoms with Gasteiger partial charge in [-0.05, 0) is 13.3 Å². The number of aliphatic hydroxyl groups is 2. The van der Waals surface area contributed by atoms with Gasteiger partial charge in [0.1, 0.15) is 5.60 Å². The minimum absolute atomic E-state index is 0.237. The van der Waals surface area contributed by atoms with Gasteiger partial charge in [-0.1, -0.05) is 90.4 Å². The molecule has 0 spiro atoms. The maximum Gasteiger partial charge on any atom is 0.166 e. The van der Waals surface area contributed by atoms with E-state index in [0.29, 0.717) is 6.42 Å². The lowest BCUT2D eigenvalue weighted by molar-refractivity contribution is -0.139. The number of aliphatic hydroxyl groups excluding tert-OH is 1. The average Bonchev–Trinajstić information content (AvgIpc) is 2.54. The van der Waals surface area contributed by atoms with Crippen LogP contribution in [0, 0.1) is 0 Å². The summed E-state index contributed by atoms with van der Waals surface area (Å²) in [6.07, 6.45) is 18.4. The van der Waals surface area contributed by atoms with E-state index in [0.717, 1.165) is 12.8 Å². The molecule has 0 saturated heterocycles. The summed E-state index contributed by atoms with van der Waals surface area (Å²) in [5.74, 6) is -0.237. The number of ketones is 1. The molecule has 0 radical (unpaired) electrons. The molecule has 0 aromatic rings. The molecule has 1 unspecified atom stereocenters. The zero-order valence-corrected chi connectivity index (χ0v) is 15.6. The standard InChI is InChI=1S/C20H40O3/c1-3-4-5-6-7-8-9-10-11-12-13-14-15-16-17-19(22)20(2,23)18-21/h21,23H,3-18H2,1-2H3. The molecule has 0 aromatic heterocycles. The molecule has 0 aliphatic carbocycles. The number of Topliss-reactive ketones (excluding diaryl/α,β-unsaturated/α-hetero) is 1. The fourth-order valence-corrected chi connectivity index (χ4v) is 2.84. The fourth-order valence-electron chi connectivity index (χ4n) is 2.84. The van der Waals surface area contributed by atoms with Crippen LogP contribution >= 0.6 is 0 Å². The lowest BCUT2D eigenvalue weighted by Gasteiger charge is -2.18. The number of rotatable bonds is 17. The third kappa shape index (κ3) is 13.7. The average molecular weight is 329 g/mol. The van der Waals surface area contributed by atoms with Crippen molar-refractivity contribution in [1.82, 2.24) is 0 Å². The van der Waals surface area contributed by atoms with Crippen LogP contribution in [0.5, 0.6) is 0 Å². The third-order valence-corrected chi connectivity index (χ3v) is 4.67. The SMILES string of the molecule is CCCCCCCCCCCCCCCCC(=O)C(C)(O)CO. The van der Waals surface area contributed by atoms with E-state index in [4.69, 9.17) is 5.11 Å². The lowest BCUT2D eigenvalue weighted by atomic mass is 9.96. The molecule has 1 atom stereocenters. The van der Waals surface area contributed by atoms with Gasteiger partial charge >= 0.3 is 0 Å². The summed E-state index contributed by atoms with van der Waals surface area (Å²) in [6, 6.07) is 0. The van der Waals surface area contributed by atoms with Gasteiger partial charge < -0.3 is 10.2 Å². The Morgan fingerprint density at radius 1 is 0.739 bits per heavy atom. The Kier molecular flexibility index (Phi) is 14.9. The van der Waals surface area contributed by atoms with E-state index in [2.05, 4.69) is 6.92 Å². The van der Waals surface area contributed by atoms with Crippen molar-refractivity contribution in [1.29, 1.82) is 0 Å². The van der Waals surface area contributed by atoms with E-state index >= 15 is 0 Å². The third-order valence-electron chi connectivity index (χ3n) is 4.67. The van der Waals surface area contributed by atoms with Gasteiger partial charge in [0, 0.05) is 6.42 Å². The highest BCUT2D eigenvalue weighted by atomic mass is 16.3. The predicted octanol–water partition coefficient (Wildman–Crippen LogP) is 5.17. The summed E-state index contributed by atoms with van der Waals surface area (Å²) in [6.45, 7) is 3.17. The van der Waals surface area contributed by atoms with Crippen molar-refractivity contribution in [3.8, 4) is 0 Å². The number of carbonyl (C=O) groups excluding carboxylic acids is 1. The molecule has 3 nitrogen and oxygen atoms in total. The normalized spacial score (nSPS) is 13.9. The lowest BCUT2D eigenvalue weighted by Crippen LogP contribution is -2.38. The fraction of sp³-hybridized carbons (Fsp3) is 0.950. The highest BCUT2D eigenvalue weighted by Gasteiger charge is 2.27. The zero-order valence-electron chi connectivity index (χ0n) is 15.6. The summed E-state index contributed by atoms with van der Waals surface area (Å²) < 4.78 is 0. The first kappa shape index (κ1) is 22.6. The van der Waals surface area contributed by atoms with E-state index in [1.165, 1.54) is 84.0 Å². The van der Waals surface area contributed by atoms with Crippen LogP contribution in [0.4, 0.5) is 0 Å². The monoisotopic (exact) mass is 328 g/mol. The maximum absolute atomic E-state index is 11.6. The zero-order chi connectivity index (χ0) is 17.4. The van der Waals surface area contributed by atoms with Crippen LogP contribution in [0.15, 0.2) is 0 Å². The first-order chi connectivity index (χ1) is 11.0. The predicted molar refractivity (Wildman–Crippen MR) is 97.6 cm³/mol. The molecule has 0 heterocycles. The smallest absolute Gasteiger partial charge is 0.166 e. The number of hydrogen-bond acceptors (Lipinski definition) is 3. The first-order valence-corrected chi connectivity index (χ1v) is 9.91. The molecular weight excluding hydrogens is 288 g/mol. The molecule has 0 fully saturated rings. The van der Waals surface area contributed by atoms with Crippen LogP contribution < -0.4 is 0 Å². The molecule has 0 aliphatic rings. The van der Waals surface area contributed by atoms with Gasteiger partial charge in [-0.25, -0.2) is 0 Å². The van der Waals surface area contributed by atoms with Crippen LogP contribution in [-0.4, -0.2) is 28.2 Å². The number of unbranched alkanes of at least 4 members (excludes halogenated alkanes) is 13. The first-order valence-electron chi connectivity index (χ1n) is 9.91. The second-order valence-corrected chi connectivity index (χ2v) is 7.20. The molecular formula is C20H40O3. The van der Waals surface area contributed by atoms with E-state index in [9.17, 15) is 9.90 Å². The Hall–Kier alpha value is -0.410.